The normalized spacial score (nSPS) is 26.1. The summed E-state index contributed by atoms with van der Waals surface area (Å²) in [7, 11) is 0. The van der Waals surface area contributed by atoms with E-state index in [0.717, 1.165) is 45.4 Å². The van der Waals surface area contributed by atoms with Crippen LogP contribution in [0.5, 0.6) is 0 Å². The Balaban J connectivity index is 1.39. The molecule has 3 rings (SSSR count). The molecule has 3 fully saturated rings. The molecule has 0 spiro atoms. The third kappa shape index (κ3) is 5.20. The number of rotatable bonds is 6. The van der Waals surface area contributed by atoms with Crippen molar-refractivity contribution in [3.8, 4) is 0 Å². The lowest BCUT2D eigenvalue weighted by Gasteiger charge is -2.32. The molecule has 2 amide bonds. The first-order valence-electron chi connectivity index (χ1n) is 9.48. The number of carbonyl (C=O) groups excluding carboxylic acids is 2. The van der Waals surface area contributed by atoms with E-state index in [0.29, 0.717) is 24.8 Å². The van der Waals surface area contributed by atoms with Crippen molar-refractivity contribution in [1.82, 2.24) is 15.5 Å². The highest BCUT2D eigenvalue weighted by Crippen LogP contribution is 2.28. The van der Waals surface area contributed by atoms with Crippen LogP contribution in [0.25, 0.3) is 0 Å². The molecule has 2 N–H and O–H groups in total. The molecule has 130 valence electrons. The fourth-order valence-corrected chi connectivity index (χ4v) is 3.79. The van der Waals surface area contributed by atoms with Gasteiger partial charge in [0.15, 0.2) is 0 Å². The van der Waals surface area contributed by atoms with E-state index in [9.17, 15) is 9.59 Å². The molecule has 0 bridgehead atoms. The number of hydrogen-bond acceptors (Lipinski definition) is 3. The lowest BCUT2D eigenvalue weighted by Crippen LogP contribution is -2.45. The van der Waals surface area contributed by atoms with Crippen LogP contribution in [0.2, 0.25) is 0 Å². The van der Waals surface area contributed by atoms with E-state index in [1.165, 1.54) is 25.7 Å². The van der Waals surface area contributed by atoms with Gasteiger partial charge in [-0.25, -0.2) is 0 Å². The second-order valence-electron chi connectivity index (χ2n) is 7.60. The molecule has 1 saturated carbocycles. The van der Waals surface area contributed by atoms with Crippen molar-refractivity contribution in [1.29, 1.82) is 0 Å². The standard InChI is InChI=1S/C18H31N3O2/c22-17(6-5-14-7-9-19-10-8-14)21-11-1-2-16(13-21)18(23)20-12-15-3-4-15/h14-16,19H,1-13H2,(H,20,23). The van der Waals surface area contributed by atoms with Gasteiger partial charge < -0.3 is 15.5 Å². The topological polar surface area (TPSA) is 61.4 Å². The Morgan fingerprint density at radius 2 is 1.83 bits per heavy atom. The summed E-state index contributed by atoms with van der Waals surface area (Å²) in [5.41, 5.74) is 0. The van der Waals surface area contributed by atoms with Gasteiger partial charge in [-0.1, -0.05) is 0 Å². The first kappa shape index (κ1) is 16.7. The van der Waals surface area contributed by atoms with Crippen molar-refractivity contribution in [3.05, 3.63) is 0 Å². The smallest absolute Gasteiger partial charge is 0.224 e. The molecule has 2 aliphatic heterocycles. The van der Waals surface area contributed by atoms with E-state index < -0.39 is 0 Å². The maximum Gasteiger partial charge on any atom is 0.224 e. The van der Waals surface area contributed by atoms with E-state index >= 15 is 0 Å². The Bertz CT molecular complexity index is 416. The first-order chi connectivity index (χ1) is 11.2. The summed E-state index contributed by atoms with van der Waals surface area (Å²) < 4.78 is 0. The predicted molar refractivity (Wildman–Crippen MR) is 89.9 cm³/mol. The molecule has 0 aromatic carbocycles. The van der Waals surface area contributed by atoms with Crippen LogP contribution in [-0.4, -0.2) is 49.4 Å². The number of piperidine rings is 2. The van der Waals surface area contributed by atoms with Crippen molar-refractivity contribution in [3.63, 3.8) is 0 Å². The molecule has 0 radical (unpaired) electrons. The highest BCUT2D eigenvalue weighted by molar-refractivity contribution is 5.81. The van der Waals surface area contributed by atoms with Gasteiger partial charge in [0.25, 0.3) is 0 Å². The molecule has 5 nitrogen and oxygen atoms in total. The van der Waals surface area contributed by atoms with E-state index in [2.05, 4.69) is 10.6 Å². The van der Waals surface area contributed by atoms with Crippen LogP contribution in [0.1, 0.15) is 51.4 Å². The summed E-state index contributed by atoms with van der Waals surface area (Å²) >= 11 is 0. The molecular weight excluding hydrogens is 290 g/mol. The van der Waals surface area contributed by atoms with Crippen molar-refractivity contribution >= 4 is 11.8 Å². The van der Waals surface area contributed by atoms with Crippen LogP contribution in [0.3, 0.4) is 0 Å². The molecule has 0 aromatic heterocycles. The van der Waals surface area contributed by atoms with Gasteiger partial charge >= 0.3 is 0 Å². The molecule has 0 aromatic rings. The van der Waals surface area contributed by atoms with Crippen molar-refractivity contribution in [2.75, 3.05) is 32.7 Å². The monoisotopic (exact) mass is 321 g/mol. The van der Waals surface area contributed by atoms with Gasteiger partial charge in [0.1, 0.15) is 0 Å². The average molecular weight is 321 g/mol. The largest absolute Gasteiger partial charge is 0.356 e. The number of likely N-dealkylation sites (tertiary alicyclic amines) is 1. The Morgan fingerprint density at radius 1 is 1.04 bits per heavy atom. The lowest BCUT2D eigenvalue weighted by molar-refractivity contribution is -0.136. The van der Waals surface area contributed by atoms with Crippen LogP contribution in [-0.2, 0) is 9.59 Å². The summed E-state index contributed by atoms with van der Waals surface area (Å²) in [5.74, 6) is 1.83. The summed E-state index contributed by atoms with van der Waals surface area (Å²) in [6, 6.07) is 0. The molecule has 2 saturated heterocycles. The Morgan fingerprint density at radius 3 is 2.57 bits per heavy atom. The number of hydrogen-bond donors (Lipinski definition) is 2. The van der Waals surface area contributed by atoms with Crippen LogP contribution in [0.4, 0.5) is 0 Å². The molecule has 1 unspecified atom stereocenters. The molecule has 2 heterocycles. The minimum Gasteiger partial charge on any atom is -0.356 e. The zero-order valence-electron chi connectivity index (χ0n) is 14.2. The van der Waals surface area contributed by atoms with Crippen molar-refractivity contribution in [2.24, 2.45) is 17.8 Å². The second kappa shape index (κ2) is 8.13. The summed E-state index contributed by atoms with van der Waals surface area (Å²) in [6.45, 7) is 4.47. The van der Waals surface area contributed by atoms with Crippen molar-refractivity contribution < 1.29 is 9.59 Å². The Hall–Kier alpha value is -1.10. The van der Waals surface area contributed by atoms with Gasteiger partial charge in [-0.05, 0) is 69.9 Å². The zero-order chi connectivity index (χ0) is 16.1. The Labute approximate surface area is 139 Å². The van der Waals surface area contributed by atoms with Crippen LogP contribution < -0.4 is 10.6 Å². The predicted octanol–water partition coefficient (Wildman–Crippen LogP) is 1.53. The van der Waals surface area contributed by atoms with Gasteiger partial charge in [-0.3, -0.25) is 9.59 Å². The fourth-order valence-electron chi connectivity index (χ4n) is 3.79. The maximum absolute atomic E-state index is 12.5. The third-order valence-electron chi connectivity index (χ3n) is 5.63. The van der Waals surface area contributed by atoms with E-state index in [1.807, 2.05) is 4.90 Å². The third-order valence-corrected chi connectivity index (χ3v) is 5.63. The molecule has 3 aliphatic rings. The molecule has 23 heavy (non-hydrogen) atoms. The van der Waals surface area contributed by atoms with Crippen LogP contribution in [0.15, 0.2) is 0 Å². The van der Waals surface area contributed by atoms with Crippen LogP contribution >= 0.6 is 0 Å². The Kier molecular flexibility index (Phi) is 5.92. The highest BCUT2D eigenvalue weighted by Gasteiger charge is 2.30. The molecule has 5 heteroatoms. The second-order valence-corrected chi connectivity index (χ2v) is 7.60. The van der Waals surface area contributed by atoms with Gasteiger partial charge in [-0.15, -0.1) is 0 Å². The summed E-state index contributed by atoms with van der Waals surface area (Å²) in [6.07, 6.45) is 8.45. The molecule has 1 aliphatic carbocycles. The SMILES string of the molecule is O=C(NCC1CC1)C1CCCN(C(=O)CCC2CCNCC2)C1. The van der Waals surface area contributed by atoms with Gasteiger partial charge in [-0.2, -0.15) is 0 Å². The van der Waals surface area contributed by atoms with Gasteiger partial charge in [0, 0.05) is 26.1 Å². The van der Waals surface area contributed by atoms with Crippen molar-refractivity contribution in [2.45, 2.75) is 51.4 Å². The van der Waals surface area contributed by atoms with E-state index in [4.69, 9.17) is 0 Å². The number of nitrogens with zero attached hydrogens (tertiary/aromatic N) is 1. The minimum atomic E-state index is 0.00494. The fraction of sp³-hybridized carbons (Fsp3) is 0.889. The minimum absolute atomic E-state index is 0.00494. The number of carbonyl (C=O) groups is 2. The number of nitrogens with one attached hydrogen (secondary N) is 2. The quantitative estimate of drug-likeness (QED) is 0.780. The zero-order valence-corrected chi connectivity index (χ0v) is 14.2. The van der Waals surface area contributed by atoms with Gasteiger partial charge in [0.05, 0.1) is 5.92 Å². The van der Waals surface area contributed by atoms with Gasteiger partial charge in [0.2, 0.25) is 11.8 Å². The number of amides is 2. The average Bonchev–Trinajstić information content (AvgIpc) is 3.43. The van der Waals surface area contributed by atoms with E-state index in [1.54, 1.807) is 0 Å². The highest BCUT2D eigenvalue weighted by atomic mass is 16.2. The maximum atomic E-state index is 12.5. The molecule has 1 atom stereocenters. The summed E-state index contributed by atoms with van der Waals surface area (Å²) in [5, 5.41) is 6.44. The van der Waals surface area contributed by atoms with E-state index in [-0.39, 0.29) is 17.7 Å². The first-order valence-corrected chi connectivity index (χ1v) is 9.48. The summed E-state index contributed by atoms with van der Waals surface area (Å²) in [4.78, 5) is 26.6. The lowest BCUT2D eigenvalue weighted by atomic mass is 9.92. The molecular formula is C18H31N3O2. The van der Waals surface area contributed by atoms with Crippen LogP contribution in [0, 0.1) is 17.8 Å².